The second-order valence-corrected chi connectivity index (χ2v) is 4.15. The molecule has 1 amide bonds. The molecule has 0 radical (unpaired) electrons. The Labute approximate surface area is 109 Å². The van der Waals surface area contributed by atoms with Gasteiger partial charge in [0.05, 0.1) is 6.42 Å². The molecule has 1 atom stereocenters. The molecular formula is C12H15F2N3O2. The number of halogens is 2. The van der Waals surface area contributed by atoms with E-state index in [1.807, 2.05) is 0 Å². The molecule has 0 bridgehead atoms. The Hall–Kier alpha value is -2.18. The van der Waals surface area contributed by atoms with Crippen LogP contribution in [0.5, 0.6) is 0 Å². The van der Waals surface area contributed by atoms with E-state index in [-0.39, 0.29) is 30.3 Å². The van der Waals surface area contributed by atoms with Gasteiger partial charge in [0.1, 0.15) is 5.84 Å². The number of benzene rings is 1. The van der Waals surface area contributed by atoms with Gasteiger partial charge in [-0.2, -0.15) is 0 Å². The van der Waals surface area contributed by atoms with Crippen molar-refractivity contribution >= 4 is 11.7 Å². The van der Waals surface area contributed by atoms with Gasteiger partial charge in [0.15, 0.2) is 11.6 Å². The van der Waals surface area contributed by atoms with Gasteiger partial charge in [0, 0.05) is 18.0 Å². The van der Waals surface area contributed by atoms with Crippen LogP contribution in [0.25, 0.3) is 0 Å². The average Bonchev–Trinajstić information content (AvgIpc) is 2.34. The molecule has 1 unspecified atom stereocenters. The quantitative estimate of drug-likeness (QED) is 0.325. The lowest BCUT2D eigenvalue weighted by molar-refractivity contribution is -0.121. The first-order valence-corrected chi connectivity index (χ1v) is 5.62. The Morgan fingerprint density at radius 1 is 1.53 bits per heavy atom. The van der Waals surface area contributed by atoms with Crippen LogP contribution in [0.3, 0.4) is 0 Å². The van der Waals surface area contributed by atoms with Gasteiger partial charge in [0.2, 0.25) is 5.91 Å². The smallest absolute Gasteiger partial charge is 0.224 e. The highest BCUT2D eigenvalue weighted by Gasteiger charge is 2.14. The molecule has 4 N–H and O–H groups in total. The number of amidine groups is 1. The molecule has 104 valence electrons. The topological polar surface area (TPSA) is 87.7 Å². The molecule has 19 heavy (non-hydrogen) atoms. The molecule has 1 rings (SSSR count). The van der Waals surface area contributed by atoms with Crippen LogP contribution < -0.4 is 11.1 Å². The minimum Gasteiger partial charge on any atom is -0.409 e. The van der Waals surface area contributed by atoms with Crippen molar-refractivity contribution in [1.82, 2.24) is 5.32 Å². The predicted octanol–water partition coefficient (Wildman–Crippen LogP) is 1.15. The molecule has 1 aromatic carbocycles. The Morgan fingerprint density at radius 3 is 2.84 bits per heavy atom. The van der Waals surface area contributed by atoms with Crippen LogP contribution in [0.1, 0.15) is 18.9 Å². The van der Waals surface area contributed by atoms with E-state index in [9.17, 15) is 13.6 Å². The molecule has 0 saturated carbocycles. The Kier molecular flexibility index (Phi) is 5.23. The number of nitrogens with two attached hydrogens (primary N) is 1. The van der Waals surface area contributed by atoms with Crippen LogP contribution in [0.15, 0.2) is 23.4 Å². The molecular weight excluding hydrogens is 256 g/mol. The zero-order valence-electron chi connectivity index (χ0n) is 10.4. The van der Waals surface area contributed by atoms with Crippen LogP contribution in [0.2, 0.25) is 0 Å². The number of rotatable bonds is 5. The maximum absolute atomic E-state index is 13.3. The fraction of sp³-hybridized carbons (Fsp3) is 0.333. The van der Waals surface area contributed by atoms with E-state index >= 15 is 0 Å². The summed E-state index contributed by atoms with van der Waals surface area (Å²) in [6.45, 7) is 1.65. The van der Waals surface area contributed by atoms with Crippen molar-refractivity contribution in [1.29, 1.82) is 0 Å². The monoisotopic (exact) mass is 271 g/mol. The average molecular weight is 271 g/mol. The minimum atomic E-state index is -1.03. The Morgan fingerprint density at radius 2 is 2.21 bits per heavy atom. The van der Waals surface area contributed by atoms with Crippen molar-refractivity contribution in [3.05, 3.63) is 35.4 Å². The molecule has 0 aliphatic heterocycles. The van der Waals surface area contributed by atoms with Crippen LogP contribution in [0, 0.1) is 11.6 Å². The van der Waals surface area contributed by atoms with Crippen molar-refractivity contribution in [2.75, 3.05) is 0 Å². The number of nitrogens with zero attached hydrogens (tertiary/aromatic N) is 1. The summed E-state index contributed by atoms with van der Waals surface area (Å²) in [5, 5.41) is 13.7. The number of carbonyl (C=O) groups excluding carboxylic acids is 1. The third-order valence-electron chi connectivity index (χ3n) is 2.43. The lowest BCUT2D eigenvalue weighted by atomic mass is 10.1. The number of oxime groups is 1. The summed E-state index contributed by atoms with van der Waals surface area (Å²) >= 11 is 0. The van der Waals surface area contributed by atoms with E-state index in [0.29, 0.717) is 0 Å². The molecule has 0 aliphatic carbocycles. The number of carbonyl (C=O) groups is 1. The minimum absolute atomic E-state index is 0.0199. The van der Waals surface area contributed by atoms with Crippen LogP contribution >= 0.6 is 0 Å². The van der Waals surface area contributed by atoms with Gasteiger partial charge in [-0.15, -0.1) is 0 Å². The fourth-order valence-electron chi connectivity index (χ4n) is 1.59. The zero-order valence-corrected chi connectivity index (χ0v) is 10.4. The maximum atomic E-state index is 13.3. The van der Waals surface area contributed by atoms with Crippen molar-refractivity contribution < 1.29 is 18.8 Å². The Balaban J connectivity index is 2.58. The number of nitrogens with one attached hydrogen (secondary N) is 1. The summed E-state index contributed by atoms with van der Waals surface area (Å²) in [6.07, 6.45) is -0.113. The van der Waals surface area contributed by atoms with Crippen molar-refractivity contribution in [2.45, 2.75) is 25.8 Å². The van der Waals surface area contributed by atoms with Gasteiger partial charge < -0.3 is 16.3 Å². The first-order valence-electron chi connectivity index (χ1n) is 5.62. The molecule has 0 fully saturated rings. The lowest BCUT2D eigenvalue weighted by Gasteiger charge is -2.13. The summed E-state index contributed by atoms with van der Waals surface area (Å²) in [7, 11) is 0. The van der Waals surface area contributed by atoms with Crippen LogP contribution in [0.4, 0.5) is 8.78 Å². The summed E-state index contributed by atoms with van der Waals surface area (Å²) in [5.74, 6) is -2.51. The van der Waals surface area contributed by atoms with Gasteiger partial charge in [-0.25, -0.2) is 8.78 Å². The first kappa shape index (κ1) is 14.9. The zero-order chi connectivity index (χ0) is 14.4. The van der Waals surface area contributed by atoms with Gasteiger partial charge in [-0.1, -0.05) is 17.3 Å². The third kappa shape index (κ3) is 4.53. The summed E-state index contributed by atoms with van der Waals surface area (Å²) < 4.78 is 26.3. The van der Waals surface area contributed by atoms with Crippen LogP contribution in [-0.2, 0) is 11.2 Å². The third-order valence-corrected chi connectivity index (χ3v) is 2.43. The summed E-state index contributed by atoms with van der Waals surface area (Å²) in [6, 6.07) is 3.28. The van der Waals surface area contributed by atoms with E-state index in [0.717, 1.165) is 6.07 Å². The van der Waals surface area contributed by atoms with Gasteiger partial charge >= 0.3 is 0 Å². The highest BCUT2D eigenvalue weighted by atomic mass is 19.2. The van der Waals surface area contributed by atoms with Crippen molar-refractivity contribution in [3.63, 3.8) is 0 Å². The molecule has 5 nitrogen and oxygen atoms in total. The molecule has 0 spiro atoms. The van der Waals surface area contributed by atoms with Gasteiger partial charge in [-0.3, -0.25) is 4.79 Å². The summed E-state index contributed by atoms with van der Waals surface area (Å²) in [4.78, 5) is 11.6. The van der Waals surface area contributed by atoms with Gasteiger partial charge in [-0.05, 0) is 13.0 Å². The molecule has 0 saturated heterocycles. The van der Waals surface area contributed by atoms with E-state index in [2.05, 4.69) is 10.5 Å². The van der Waals surface area contributed by atoms with Gasteiger partial charge in [0.25, 0.3) is 0 Å². The largest absolute Gasteiger partial charge is 0.409 e. The second kappa shape index (κ2) is 6.67. The number of amides is 1. The molecule has 0 aromatic heterocycles. The highest BCUT2D eigenvalue weighted by Crippen LogP contribution is 2.11. The lowest BCUT2D eigenvalue weighted by Crippen LogP contribution is -2.36. The molecule has 1 aromatic rings. The second-order valence-electron chi connectivity index (χ2n) is 4.15. The summed E-state index contributed by atoms with van der Waals surface area (Å²) in [5.41, 5.74) is 5.27. The van der Waals surface area contributed by atoms with E-state index < -0.39 is 17.5 Å². The first-order chi connectivity index (χ1) is 8.93. The standard InChI is InChI=1S/C12H15F2N3O2/c1-7(5-10(15)17-19)16-11(18)6-8-3-2-4-9(13)12(8)14/h2-4,7,19H,5-6H2,1H3,(H2,15,17)(H,16,18). The van der Waals surface area contributed by atoms with Crippen molar-refractivity contribution in [3.8, 4) is 0 Å². The van der Waals surface area contributed by atoms with Crippen molar-refractivity contribution in [2.24, 2.45) is 10.9 Å². The predicted molar refractivity (Wildman–Crippen MR) is 65.7 cm³/mol. The number of hydrogen-bond donors (Lipinski definition) is 3. The Bertz CT molecular complexity index is 492. The molecule has 7 heteroatoms. The molecule has 0 heterocycles. The van der Waals surface area contributed by atoms with E-state index in [1.54, 1.807) is 6.92 Å². The fourth-order valence-corrected chi connectivity index (χ4v) is 1.59. The highest BCUT2D eigenvalue weighted by molar-refractivity contribution is 5.82. The maximum Gasteiger partial charge on any atom is 0.224 e. The SMILES string of the molecule is CC(CC(N)=NO)NC(=O)Cc1cccc(F)c1F. The van der Waals surface area contributed by atoms with E-state index in [4.69, 9.17) is 10.9 Å². The molecule has 0 aliphatic rings. The van der Waals surface area contributed by atoms with E-state index in [1.165, 1.54) is 12.1 Å². The number of hydrogen-bond acceptors (Lipinski definition) is 3. The van der Waals surface area contributed by atoms with Crippen LogP contribution in [-0.4, -0.2) is 23.0 Å². The normalized spacial score (nSPS) is 13.1.